The molecule has 166 valence electrons. The topological polar surface area (TPSA) is 29.1 Å². The van der Waals surface area contributed by atoms with Crippen LogP contribution in [0.1, 0.15) is 63.8 Å². The van der Waals surface area contributed by atoms with E-state index in [2.05, 4.69) is 74.6 Å². The lowest BCUT2D eigenvalue weighted by molar-refractivity contribution is -0.0599. The van der Waals surface area contributed by atoms with Crippen LogP contribution in [0.4, 0.5) is 0 Å². The molecule has 3 heteroatoms. The van der Waals surface area contributed by atoms with E-state index >= 15 is 0 Å². The average molecular weight is 444 g/mol. The van der Waals surface area contributed by atoms with Gasteiger partial charge in [0.05, 0.1) is 5.56 Å². The van der Waals surface area contributed by atoms with Crippen molar-refractivity contribution in [3.63, 3.8) is 0 Å². The molecule has 1 aromatic heterocycles. The number of carbonyl (C=O) groups is 1. The van der Waals surface area contributed by atoms with Gasteiger partial charge in [0.15, 0.2) is 0 Å². The van der Waals surface area contributed by atoms with Gasteiger partial charge in [0, 0.05) is 15.8 Å². The zero-order chi connectivity index (χ0) is 22.3. The lowest BCUT2D eigenvalue weighted by Crippen LogP contribution is -2.57. The maximum atomic E-state index is 13.2. The summed E-state index contributed by atoms with van der Waals surface area (Å²) < 4.78 is 0. The number of amides is 1. The second-order valence-electron chi connectivity index (χ2n) is 10.0. The van der Waals surface area contributed by atoms with Crippen LogP contribution in [-0.2, 0) is 12.8 Å². The molecule has 3 aromatic rings. The standard InChI is InChI=1S/C29H33NOS/c1-19-15-16-29(19)17-25(18-29)30-28(31)27-21(3)32-20(2)26(27)14-11-22-9-12-24(13-10-22)23-7-5-4-6-8-23/h4-10,12-13,19,25H,11,14-18H2,1-3H3,(H,30,31). The number of aryl methyl sites for hydroxylation is 3. The zero-order valence-corrected chi connectivity index (χ0v) is 20.2. The number of benzene rings is 2. The smallest absolute Gasteiger partial charge is 0.252 e. The third kappa shape index (κ3) is 3.92. The number of rotatable bonds is 6. The Hall–Kier alpha value is -2.39. The van der Waals surface area contributed by atoms with E-state index in [-0.39, 0.29) is 5.91 Å². The Kier molecular flexibility index (Phi) is 5.71. The van der Waals surface area contributed by atoms with Crippen LogP contribution in [0, 0.1) is 25.2 Å². The van der Waals surface area contributed by atoms with Crippen LogP contribution in [0.2, 0.25) is 0 Å². The van der Waals surface area contributed by atoms with Crippen molar-refractivity contribution in [2.45, 2.75) is 65.3 Å². The number of carbonyl (C=O) groups excluding carboxylic acids is 1. The van der Waals surface area contributed by atoms with Gasteiger partial charge in [0.1, 0.15) is 0 Å². The van der Waals surface area contributed by atoms with Gasteiger partial charge in [0.2, 0.25) is 0 Å². The highest BCUT2D eigenvalue weighted by atomic mass is 32.1. The first-order valence-electron chi connectivity index (χ1n) is 12.0. The van der Waals surface area contributed by atoms with Crippen molar-refractivity contribution in [1.29, 1.82) is 0 Å². The van der Waals surface area contributed by atoms with Crippen LogP contribution in [0.3, 0.4) is 0 Å². The van der Waals surface area contributed by atoms with Gasteiger partial charge >= 0.3 is 0 Å². The minimum Gasteiger partial charge on any atom is -0.349 e. The van der Waals surface area contributed by atoms with Crippen molar-refractivity contribution in [3.8, 4) is 11.1 Å². The van der Waals surface area contributed by atoms with E-state index in [0.29, 0.717) is 11.5 Å². The average Bonchev–Trinajstić information content (AvgIpc) is 3.06. The van der Waals surface area contributed by atoms with Crippen molar-refractivity contribution >= 4 is 17.2 Å². The van der Waals surface area contributed by atoms with Crippen LogP contribution in [-0.4, -0.2) is 11.9 Å². The Bertz CT molecular complexity index is 1110. The Morgan fingerprint density at radius 3 is 2.28 bits per heavy atom. The largest absolute Gasteiger partial charge is 0.349 e. The fourth-order valence-corrected chi connectivity index (χ4v) is 6.93. The first kappa shape index (κ1) is 21.5. The first-order valence-corrected chi connectivity index (χ1v) is 12.8. The van der Waals surface area contributed by atoms with E-state index in [9.17, 15) is 4.79 Å². The molecule has 0 aliphatic heterocycles. The van der Waals surface area contributed by atoms with E-state index < -0.39 is 0 Å². The molecule has 1 atom stereocenters. The second-order valence-corrected chi connectivity index (χ2v) is 11.4. The molecule has 1 unspecified atom stereocenters. The fourth-order valence-electron chi connectivity index (χ4n) is 5.82. The molecule has 2 aliphatic rings. The van der Waals surface area contributed by atoms with Gasteiger partial charge in [-0.2, -0.15) is 0 Å². The summed E-state index contributed by atoms with van der Waals surface area (Å²) in [5, 5.41) is 3.36. The Balaban J connectivity index is 1.24. The van der Waals surface area contributed by atoms with Crippen molar-refractivity contribution in [1.82, 2.24) is 5.32 Å². The maximum Gasteiger partial charge on any atom is 0.252 e. The van der Waals surface area contributed by atoms with Gasteiger partial charge in [-0.25, -0.2) is 0 Å². The summed E-state index contributed by atoms with van der Waals surface area (Å²) >= 11 is 1.77. The normalized spacial score (nSPS) is 24.1. The van der Waals surface area contributed by atoms with Gasteiger partial charge < -0.3 is 5.32 Å². The molecule has 0 saturated heterocycles. The quantitative estimate of drug-likeness (QED) is 0.431. The molecule has 2 saturated carbocycles. The van der Waals surface area contributed by atoms with Crippen LogP contribution in [0.25, 0.3) is 11.1 Å². The second kappa shape index (κ2) is 8.51. The first-order chi connectivity index (χ1) is 15.4. The minimum absolute atomic E-state index is 0.146. The summed E-state index contributed by atoms with van der Waals surface area (Å²) in [5.41, 5.74) is 6.54. The molecule has 2 nitrogen and oxygen atoms in total. The van der Waals surface area contributed by atoms with Crippen LogP contribution >= 0.6 is 11.3 Å². The molecule has 2 aromatic carbocycles. The molecule has 5 rings (SSSR count). The van der Waals surface area contributed by atoms with Crippen molar-refractivity contribution in [2.75, 3.05) is 0 Å². The minimum atomic E-state index is 0.146. The van der Waals surface area contributed by atoms with E-state index in [0.717, 1.165) is 29.2 Å². The summed E-state index contributed by atoms with van der Waals surface area (Å²) in [5.74, 6) is 0.984. The van der Waals surface area contributed by atoms with Crippen LogP contribution in [0.15, 0.2) is 54.6 Å². The predicted octanol–water partition coefficient (Wildman–Crippen LogP) is 7.13. The Labute approximate surface area is 196 Å². The molecule has 1 N–H and O–H groups in total. The monoisotopic (exact) mass is 443 g/mol. The highest BCUT2D eigenvalue weighted by Crippen LogP contribution is 2.59. The molecular formula is C29H33NOS. The molecule has 0 bridgehead atoms. The fraction of sp³-hybridized carbons (Fsp3) is 0.414. The Morgan fingerprint density at radius 1 is 0.969 bits per heavy atom. The Morgan fingerprint density at radius 2 is 1.66 bits per heavy atom. The van der Waals surface area contributed by atoms with E-state index in [1.54, 1.807) is 11.3 Å². The molecule has 1 heterocycles. The number of hydrogen-bond donors (Lipinski definition) is 1. The summed E-state index contributed by atoms with van der Waals surface area (Å²) in [6, 6.07) is 19.7. The zero-order valence-electron chi connectivity index (χ0n) is 19.4. The van der Waals surface area contributed by atoms with Gasteiger partial charge in [0.25, 0.3) is 5.91 Å². The maximum absolute atomic E-state index is 13.2. The van der Waals surface area contributed by atoms with Crippen LogP contribution in [0.5, 0.6) is 0 Å². The summed E-state index contributed by atoms with van der Waals surface area (Å²) in [7, 11) is 0. The predicted molar refractivity (Wildman–Crippen MR) is 134 cm³/mol. The molecular weight excluding hydrogens is 410 g/mol. The number of hydrogen-bond acceptors (Lipinski definition) is 2. The SMILES string of the molecule is Cc1sc(C)c(C(=O)NC2CC3(CCC3C)C2)c1CCc1ccc(-c2ccccc2)cc1. The summed E-state index contributed by atoms with van der Waals surface area (Å²) in [6.07, 6.45) is 6.92. The van der Waals surface area contributed by atoms with E-state index in [4.69, 9.17) is 0 Å². The van der Waals surface area contributed by atoms with Gasteiger partial charge in [-0.1, -0.05) is 61.5 Å². The van der Waals surface area contributed by atoms with E-state index in [1.807, 2.05) is 6.07 Å². The third-order valence-electron chi connectivity index (χ3n) is 8.10. The lowest BCUT2D eigenvalue weighted by atomic mass is 9.49. The highest BCUT2D eigenvalue weighted by molar-refractivity contribution is 7.12. The third-order valence-corrected chi connectivity index (χ3v) is 9.16. The number of nitrogens with one attached hydrogen (secondary N) is 1. The van der Waals surface area contributed by atoms with Gasteiger partial charge in [-0.05, 0) is 86.0 Å². The highest BCUT2D eigenvalue weighted by Gasteiger charge is 2.53. The molecule has 0 radical (unpaired) electrons. The molecule has 2 aliphatic carbocycles. The summed E-state index contributed by atoms with van der Waals surface area (Å²) in [4.78, 5) is 15.6. The van der Waals surface area contributed by atoms with Crippen LogP contribution < -0.4 is 5.32 Å². The lowest BCUT2D eigenvalue weighted by Gasteiger charge is -2.58. The van der Waals surface area contributed by atoms with Crippen molar-refractivity contribution in [2.24, 2.45) is 11.3 Å². The molecule has 32 heavy (non-hydrogen) atoms. The molecule has 1 spiro atoms. The molecule has 1 amide bonds. The van der Waals surface area contributed by atoms with E-state index in [1.165, 1.54) is 52.8 Å². The van der Waals surface area contributed by atoms with Crippen molar-refractivity contribution in [3.05, 3.63) is 81.0 Å². The van der Waals surface area contributed by atoms with Crippen molar-refractivity contribution < 1.29 is 4.79 Å². The molecule has 2 fully saturated rings. The van der Waals surface area contributed by atoms with Gasteiger partial charge in [-0.15, -0.1) is 11.3 Å². The number of thiophene rings is 1. The summed E-state index contributed by atoms with van der Waals surface area (Å²) in [6.45, 7) is 6.64. The van der Waals surface area contributed by atoms with Gasteiger partial charge in [-0.3, -0.25) is 4.79 Å².